The average molecular weight is 321 g/mol. The van der Waals surface area contributed by atoms with Gasteiger partial charge < -0.3 is 10.3 Å². The van der Waals surface area contributed by atoms with Gasteiger partial charge in [0.25, 0.3) is 0 Å². The zero-order valence-corrected chi connectivity index (χ0v) is 14.3. The fraction of sp³-hybridized carbons (Fsp3) is 0.300. The van der Waals surface area contributed by atoms with Crippen molar-refractivity contribution < 1.29 is 4.79 Å². The lowest BCUT2D eigenvalue weighted by Crippen LogP contribution is -2.33. The fourth-order valence-corrected chi connectivity index (χ4v) is 2.88. The Morgan fingerprint density at radius 1 is 1.12 bits per heavy atom. The van der Waals surface area contributed by atoms with Crippen LogP contribution in [0.3, 0.4) is 0 Å². The van der Waals surface area contributed by atoms with Gasteiger partial charge >= 0.3 is 0 Å². The molecule has 1 heterocycles. The predicted octanol–water partition coefficient (Wildman–Crippen LogP) is 3.93. The van der Waals surface area contributed by atoms with E-state index in [1.165, 1.54) is 0 Å². The second-order valence-corrected chi connectivity index (χ2v) is 6.53. The third-order valence-corrected chi connectivity index (χ3v) is 4.30. The number of carbonyl (C=O) groups excluding carboxylic acids is 1. The number of aromatic nitrogens is 2. The molecule has 0 bridgehead atoms. The average Bonchev–Trinajstić information content (AvgIpc) is 2.98. The number of fused-ring (bicyclic) bond motifs is 1. The number of para-hydroxylation sites is 2. The van der Waals surface area contributed by atoms with Crippen molar-refractivity contribution in [3.05, 3.63) is 65.5 Å². The monoisotopic (exact) mass is 321 g/mol. The minimum absolute atomic E-state index is 0.0171. The topological polar surface area (TPSA) is 57.8 Å². The number of imidazole rings is 1. The zero-order chi connectivity index (χ0) is 17.1. The highest BCUT2D eigenvalue weighted by Crippen LogP contribution is 2.22. The quantitative estimate of drug-likeness (QED) is 0.748. The summed E-state index contributed by atoms with van der Waals surface area (Å²) in [6, 6.07) is 15.8. The SMILES string of the molecule is Cc1ccccc1CC(=O)N[C@H](c1nc2ccccc2[nH]1)C(C)C. The van der Waals surface area contributed by atoms with Crippen molar-refractivity contribution in [2.24, 2.45) is 5.92 Å². The zero-order valence-electron chi connectivity index (χ0n) is 14.3. The van der Waals surface area contributed by atoms with E-state index >= 15 is 0 Å². The first-order valence-corrected chi connectivity index (χ1v) is 8.33. The molecule has 24 heavy (non-hydrogen) atoms. The van der Waals surface area contributed by atoms with E-state index in [-0.39, 0.29) is 17.9 Å². The molecule has 4 heteroatoms. The third-order valence-electron chi connectivity index (χ3n) is 4.30. The highest BCUT2D eigenvalue weighted by atomic mass is 16.1. The summed E-state index contributed by atoms with van der Waals surface area (Å²) in [6.45, 7) is 6.21. The first kappa shape index (κ1) is 16.2. The Kier molecular flexibility index (Phi) is 4.65. The lowest BCUT2D eigenvalue weighted by atomic mass is 10.0. The molecule has 3 rings (SSSR count). The smallest absolute Gasteiger partial charge is 0.225 e. The van der Waals surface area contributed by atoms with E-state index in [0.29, 0.717) is 6.42 Å². The number of nitrogens with one attached hydrogen (secondary N) is 2. The second-order valence-electron chi connectivity index (χ2n) is 6.53. The molecular formula is C20H23N3O. The van der Waals surface area contributed by atoms with Crippen LogP contribution in [-0.4, -0.2) is 15.9 Å². The van der Waals surface area contributed by atoms with Crippen molar-refractivity contribution in [3.8, 4) is 0 Å². The normalized spacial score (nSPS) is 12.5. The standard InChI is InChI=1S/C20H23N3O/c1-13(2)19(20-21-16-10-6-7-11-17(16)22-20)23-18(24)12-15-9-5-4-8-14(15)3/h4-11,13,19H,12H2,1-3H3,(H,21,22)(H,23,24)/t19-/m0/s1. The molecule has 1 aromatic heterocycles. The maximum atomic E-state index is 12.5. The summed E-state index contributed by atoms with van der Waals surface area (Å²) in [4.78, 5) is 20.5. The third kappa shape index (κ3) is 3.48. The molecule has 124 valence electrons. The molecule has 3 aromatic rings. The van der Waals surface area contributed by atoms with Crippen LogP contribution in [-0.2, 0) is 11.2 Å². The van der Waals surface area contributed by atoms with Crippen LogP contribution in [0.2, 0.25) is 0 Å². The van der Waals surface area contributed by atoms with E-state index in [4.69, 9.17) is 0 Å². The molecule has 0 saturated carbocycles. The number of nitrogens with zero attached hydrogens (tertiary/aromatic N) is 1. The molecule has 0 aliphatic carbocycles. The van der Waals surface area contributed by atoms with Crippen molar-refractivity contribution in [1.29, 1.82) is 0 Å². The summed E-state index contributed by atoms with van der Waals surface area (Å²) < 4.78 is 0. The number of rotatable bonds is 5. The molecule has 2 N–H and O–H groups in total. The number of H-pyrrole nitrogens is 1. The number of aryl methyl sites for hydroxylation is 1. The minimum atomic E-state index is -0.131. The lowest BCUT2D eigenvalue weighted by Gasteiger charge is -2.20. The minimum Gasteiger partial charge on any atom is -0.346 e. The van der Waals surface area contributed by atoms with Gasteiger partial charge in [-0.1, -0.05) is 50.2 Å². The van der Waals surface area contributed by atoms with E-state index in [2.05, 4.69) is 29.1 Å². The number of hydrogen-bond donors (Lipinski definition) is 2. The van der Waals surface area contributed by atoms with E-state index in [9.17, 15) is 4.79 Å². The van der Waals surface area contributed by atoms with Gasteiger partial charge in [0.2, 0.25) is 5.91 Å². The molecule has 2 aromatic carbocycles. The van der Waals surface area contributed by atoms with Gasteiger partial charge in [0, 0.05) is 0 Å². The molecule has 0 aliphatic rings. The van der Waals surface area contributed by atoms with Crippen molar-refractivity contribution in [3.63, 3.8) is 0 Å². The largest absolute Gasteiger partial charge is 0.346 e. The molecule has 0 aliphatic heterocycles. The number of benzene rings is 2. The van der Waals surface area contributed by atoms with E-state index in [1.54, 1.807) is 0 Å². The Labute approximate surface area is 142 Å². The Hall–Kier alpha value is -2.62. The van der Waals surface area contributed by atoms with Gasteiger partial charge in [0.05, 0.1) is 23.5 Å². The van der Waals surface area contributed by atoms with Gasteiger partial charge in [0.15, 0.2) is 0 Å². The van der Waals surface area contributed by atoms with Crippen LogP contribution >= 0.6 is 0 Å². The Morgan fingerprint density at radius 2 is 1.83 bits per heavy atom. The number of hydrogen-bond acceptors (Lipinski definition) is 2. The van der Waals surface area contributed by atoms with Crippen LogP contribution in [0.5, 0.6) is 0 Å². The van der Waals surface area contributed by atoms with Crippen LogP contribution < -0.4 is 5.32 Å². The van der Waals surface area contributed by atoms with Gasteiger partial charge in [0.1, 0.15) is 5.82 Å². The molecule has 0 spiro atoms. The van der Waals surface area contributed by atoms with Gasteiger partial charge in [-0.05, 0) is 36.1 Å². The maximum Gasteiger partial charge on any atom is 0.225 e. The van der Waals surface area contributed by atoms with Crippen LogP contribution in [0.4, 0.5) is 0 Å². The number of amides is 1. The second kappa shape index (κ2) is 6.87. The first-order valence-electron chi connectivity index (χ1n) is 8.33. The Morgan fingerprint density at radius 3 is 2.54 bits per heavy atom. The van der Waals surface area contributed by atoms with Gasteiger partial charge in [-0.25, -0.2) is 4.98 Å². The summed E-state index contributed by atoms with van der Waals surface area (Å²) in [6.07, 6.45) is 0.385. The molecule has 0 radical (unpaired) electrons. The lowest BCUT2D eigenvalue weighted by molar-refractivity contribution is -0.121. The van der Waals surface area contributed by atoms with E-state index < -0.39 is 0 Å². The summed E-state index contributed by atoms with van der Waals surface area (Å²) in [5.74, 6) is 1.07. The Balaban J connectivity index is 1.79. The van der Waals surface area contributed by atoms with Crippen molar-refractivity contribution in [2.45, 2.75) is 33.2 Å². The van der Waals surface area contributed by atoms with E-state index in [1.807, 2.05) is 55.5 Å². The summed E-state index contributed by atoms with van der Waals surface area (Å²) in [7, 11) is 0. The molecule has 0 saturated heterocycles. The molecule has 1 amide bonds. The van der Waals surface area contributed by atoms with Crippen molar-refractivity contribution in [2.75, 3.05) is 0 Å². The van der Waals surface area contributed by atoms with Crippen LogP contribution in [0.25, 0.3) is 11.0 Å². The van der Waals surface area contributed by atoms with Crippen LogP contribution in [0.1, 0.15) is 36.8 Å². The highest BCUT2D eigenvalue weighted by molar-refractivity contribution is 5.80. The molecule has 1 atom stereocenters. The van der Waals surface area contributed by atoms with Crippen LogP contribution in [0, 0.1) is 12.8 Å². The molecular weight excluding hydrogens is 298 g/mol. The summed E-state index contributed by atoms with van der Waals surface area (Å²) in [5.41, 5.74) is 4.11. The maximum absolute atomic E-state index is 12.5. The molecule has 0 unspecified atom stereocenters. The summed E-state index contributed by atoms with van der Waals surface area (Å²) >= 11 is 0. The van der Waals surface area contributed by atoms with Crippen molar-refractivity contribution in [1.82, 2.24) is 15.3 Å². The van der Waals surface area contributed by atoms with Crippen molar-refractivity contribution >= 4 is 16.9 Å². The number of carbonyl (C=O) groups is 1. The highest BCUT2D eigenvalue weighted by Gasteiger charge is 2.22. The van der Waals surface area contributed by atoms with E-state index in [0.717, 1.165) is 28.0 Å². The molecule has 4 nitrogen and oxygen atoms in total. The first-order chi connectivity index (χ1) is 11.5. The van der Waals surface area contributed by atoms with Gasteiger partial charge in [-0.2, -0.15) is 0 Å². The van der Waals surface area contributed by atoms with Crippen LogP contribution in [0.15, 0.2) is 48.5 Å². The number of aromatic amines is 1. The predicted molar refractivity (Wildman–Crippen MR) is 96.7 cm³/mol. The summed E-state index contributed by atoms with van der Waals surface area (Å²) in [5, 5.41) is 3.14. The molecule has 0 fully saturated rings. The van der Waals surface area contributed by atoms with Gasteiger partial charge in [-0.3, -0.25) is 4.79 Å². The fourth-order valence-electron chi connectivity index (χ4n) is 2.88. The Bertz CT molecular complexity index is 818. The van der Waals surface area contributed by atoms with Gasteiger partial charge in [-0.15, -0.1) is 0 Å².